The summed E-state index contributed by atoms with van der Waals surface area (Å²) in [6, 6.07) is -0.174. The minimum atomic E-state index is -0.407. The topological polar surface area (TPSA) is 106 Å². The smallest absolute Gasteiger partial charge is 0.315 e. The van der Waals surface area contributed by atoms with E-state index in [1.807, 2.05) is 0 Å². The number of rotatable bonds is 6. The molecule has 1 aromatic heterocycles. The molecule has 0 radical (unpaired) electrons. The van der Waals surface area contributed by atoms with Crippen LogP contribution in [0, 0.1) is 24.7 Å². The Kier molecular flexibility index (Phi) is 4.58. The van der Waals surface area contributed by atoms with E-state index in [2.05, 4.69) is 20.8 Å². The number of urea groups is 1. The molecule has 1 aromatic rings. The van der Waals surface area contributed by atoms with Crippen LogP contribution in [0.25, 0.3) is 0 Å². The molecule has 5 rings (SSSR count). The SMILES string of the molecule is Cc1nnc(COC(=O)CCNC(=O)NC23CC4CC(CC(C4)C2)C3)o1. The van der Waals surface area contributed by atoms with Crippen LogP contribution in [0.4, 0.5) is 4.79 Å². The monoisotopic (exact) mass is 362 g/mol. The Morgan fingerprint density at radius 2 is 1.81 bits per heavy atom. The second-order valence-electron chi connectivity index (χ2n) is 8.20. The Bertz CT molecular complexity index is 651. The maximum absolute atomic E-state index is 12.3. The van der Waals surface area contributed by atoms with Gasteiger partial charge in [-0.05, 0) is 56.3 Å². The number of nitrogens with one attached hydrogen (secondary N) is 2. The highest BCUT2D eigenvalue weighted by atomic mass is 16.5. The van der Waals surface area contributed by atoms with Gasteiger partial charge in [0.15, 0.2) is 6.61 Å². The summed E-state index contributed by atoms with van der Waals surface area (Å²) in [5.74, 6) is 2.64. The first kappa shape index (κ1) is 17.3. The van der Waals surface area contributed by atoms with Crippen molar-refractivity contribution in [2.75, 3.05) is 6.54 Å². The summed E-state index contributed by atoms with van der Waals surface area (Å²) in [6.07, 6.45) is 7.46. The number of nitrogens with zero attached hydrogens (tertiary/aromatic N) is 2. The van der Waals surface area contributed by atoms with Crippen molar-refractivity contribution in [3.05, 3.63) is 11.8 Å². The van der Waals surface area contributed by atoms with Gasteiger partial charge in [0.05, 0.1) is 6.42 Å². The zero-order valence-corrected chi connectivity index (χ0v) is 15.1. The average molecular weight is 362 g/mol. The van der Waals surface area contributed by atoms with Crippen molar-refractivity contribution in [3.8, 4) is 0 Å². The molecule has 0 unspecified atom stereocenters. The predicted molar refractivity (Wildman–Crippen MR) is 90.9 cm³/mol. The van der Waals surface area contributed by atoms with Gasteiger partial charge < -0.3 is 19.8 Å². The first-order valence-corrected chi connectivity index (χ1v) is 9.50. The van der Waals surface area contributed by atoms with E-state index in [1.165, 1.54) is 19.3 Å². The summed E-state index contributed by atoms with van der Waals surface area (Å²) >= 11 is 0. The van der Waals surface area contributed by atoms with Crippen LogP contribution in [0.5, 0.6) is 0 Å². The number of ether oxygens (including phenoxy) is 1. The van der Waals surface area contributed by atoms with Gasteiger partial charge in [0.25, 0.3) is 5.89 Å². The fraction of sp³-hybridized carbons (Fsp3) is 0.778. The molecule has 2 amide bonds. The maximum atomic E-state index is 12.3. The summed E-state index contributed by atoms with van der Waals surface area (Å²) in [5, 5.41) is 13.4. The maximum Gasteiger partial charge on any atom is 0.315 e. The van der Waals surface area contributed by atoms with Gasteiger partial charge >= 0.3 is 12.0 Å². The lowest BCUT2D eigenvalue weighted by Gasteiger charge is -2.56. The molecule has 4 bridgehead atoms. The van der Waals surface area contributed by atoms with E-state index in [4.69, 9.17) is 9.15 Å². The summed E-state index contributed by atoms with van der Waals surface area (Å²) in [4.78, 5) is 24.0. The summed E-state index contributed by atoms with van der Waals surface area (Å²) in [7, 11) is 0. The van der Waals surface area contributed by atoms with Gasteiger partial charge in [0.1, 0.15) is 0 Å². The number of carbonyl (C=O) groups excluding carboxylic acids is 2. The van der Waals surface area contributed by atoms with Gasteiger partial charge in [-0.3, -0.25) is 4.79 Å². The molecule has 4 saturated carbocycles. The zero-order valence-electron chi connectivity index (χ0n) is 15.1. The summed E-state index contributed by atoms with van der Waals surface area (Å²) < 4.78 is 10.2. The van der Waals surface area contributed by atoms with Crippen LogP contribution in [-0.2, 0) is 16.1 Å². The Hall–Kier alpha value is -2.12. The number of hydrogen-bond acceptors (Lipinski definition) is 6. The third kappa shape index (κ3) is 3.83. The van der Waals surface area contributed by atoms with E-state index < -0.39 is 5.97 Å². The Morgan fingerprint density at radius 3 is 2.38 bits per heavy atom. The van der Waals surface area contributed by atoms with Gasteiger partial charge in [0.2, 0.25) is 5.89 Å². The molecule has 0 atom stereocenters. The average Bonchev–Trinajstić information content (AvgIpc) is 2.96. The molecular weight excluding hydrogens is 336 g/mol. The third-order valence-corrected chi connectivity index (χ3v) is 5.96. The Balaban J connectivity index is 1.17. The lowest BCUT2D eigenvalue weighted by atomic mass is 9.53. The minimum Gasteiger partial charge on any atom is -0.456 e. The summed E-state index contributed by atoms with van der Waals surface area (Å²) in [6.45, 7) is 1.88. The van der Waals surface area contributed by atoms with E-state index >= 15 is 0 Å². The largest absolute Gasteiger partial charge is 0.456 e. The fourth-order valence-electron chi connectivity index (χ4n) is 5.44. The second-order valence-corrected chi connectivity index (χ2v) is 8.20. The van der Waals surface area contributed by atoms with Crippen LogP contribution < -0.4 is 10.6 Å². The van der Waals surface area contributed by atoms with Crippen LogP contribution in [0.1, 0.15) is 56.7 Å². The molecule has 0 aromatic carbocycles. The normalized spacial score (nSPS) is 31.7. The number of hydrogen-bond donors (Lipinski definition) is 2. The van der Waals surface area contributed by atoms with E-state index in [-0.39, 0.29) is 37.0 Å². The lowest BCUT2D eigenvalue weighted by molar-refractivity contribution is -0.145. The minimum absolute atomic E-state index is 0.0187. The summed E-state index contributed by atoms with van der Waals surface area (Å²) in [5.41, 5.74) is -0.0187. The Labute approximate surface area is 152 Å². The van der Waals surface area contributed by atoms with Crippen molar-refractivity contribution in [1.82, 2.24) is 20.8 Å². The van der Waals surface area contributed by atoms with Crippen molar-refractivity contribution in [1.29, 1.82) is 0 Å². The molecule has 142 valence electrons. The van der Waals surface area contributed by atoms with Crippen LogP contribution in [0.3, 0.4) is 0 Å². The van der Waals surface area contributed by atoms with Crippen molar-refractivity contribution < 1.29 is 18.7 Å². The number of aryl methyl sites for hydroxylation is 1. The van der Waals surface area contributed by atoms with Crippen LogP contribution in [0.15, 0.2) is 4.42 Å². The highest BCUT2D eigenvalue weighted by Crippen LogP contribution is 2.55. The van der Waals surface area contributed by atoms with Crippen molar-refractivity contribution >= 4 is 12.0 Å². The quantitative estimate of drug-likeness (QED) is 0.751. The van der Waals surface area contributed by atoms with E-state index in [9.17, 15) is 9.59 Å². The molecule has 8 heteroatoms. The molecule has 1 heterocycles. The van der Waals surface area contributed by atoms with Gasteiger partial charge in [-0.15, -0.1) is 10.2 Å². The molecule has 0 saturated heterocycles. The molecule has 4 aliphatic carbocycles. The first-order chi connectivity index (χ1) is 12.5. The van der Waals surface area contributed by atoms with E-state index in [1.54, 1.807) is 6.92 Å². The molecule has 2 N–H and O–H groups in total. The van der Waals surface area contributed by atoms with E-state index in [0.717, 1.165) is 37.0 Å². The van der Waals surface area contributed by atoms with E-state index in [0.29, 0.717) is 5.89 Å². The van der Waals surface area contributed by atoms with Gasteiger partial charge in [-0.2, -0.15) is 0 Å². The number of aromatic nitrogens is 2. The highest BCUT2D eigenvalue weighted by Gasteiger charge is 2.51. The molecule has 0 aliphatic heterocycles. The number of carbonyl (C=O) groups is 2. The second kappa shape index (κ2) is 6.89. The molecule has 0 spiro atoms. The molecule has 4 aliphatic rings. The molecule has 26 heavy (non-hydrogen) atoms. The highest BCUT2D eigenvalue weighted by molar-refractivity contribution is 5.76. The lowest BCUT2D eigenvalue weighted by Crippen LogP contribution is -2.61. The van der Waals surface area contributed by atoms with Crippen LogP contribution in [0.2, 0.25) is 0 Å². The Morgan fingerprint density at radius 1 is 1.15 bits per heavy atom. The first-order valence-electron chi connectivity index (χ1n) is 9.50. The zero-order chi connectivity index (χ0) is 18.1. The number of esters is 1. The van der Waals surface area contributed by atoms with Crippen LogP contribution >= 0.6 is 0 Å². The standard InChI is InChI=1S/C18H26N4O4/c1-11-21-22-15(26-11)10-25-16(23)2-3-19-17(24)20-18-7-12-4-13(8-18)6-14(5-12)9-18/h12-14H,2-10H2,1H3,(H2,19,20,24). The van der Waals surface area contributed by atoms with Gasteiger partial charge in [-0.25, -0.2) is 4.79 Å². The molecule has 8 nitrogen and oxygen atoms in total. The predicted octanol–water partition coefficient (Wildman–Crippen LogP) is 2.08. The number of amides is 2. The van der Waals surface area contributed by atoms with Gasteiger partial charge in [-0.1, -0.05) is 0 Å². The van der Waals surface area contributed by atoms with Crippen molar-refractivity contribution in [3.63, 3.8) is 0 Å². The van der Waals surface area contributed by atoms with Crippen molar-refractivity contribution in [2.45, 2.75) is 64.0 Å². The third-order valence-electron chi connectivity index (χ3n) is 5.96. The van der Waals surface area contributed by atoms with Crippen LogP contribution in [-0.4, -0.2) is 34.3 Å². The van der Waals surface area contributed by atoms with Gasteiger partial charge in [0, 0.05) is 19.0 Å². The molecular formula is C18H26N4O4. The van der Waals surface area contributed by atoms with Crippen molar-refractivity contribution in [2.24, 2.45) is 17.8 Å². The molecule has 4 fully saturated rings. The fourth-order valence-corrected chi connectivity index (χ4v) is 5.44.